The van der Waals surface area contributed by atoms with Crippen LogP contribution in [0.25, 0.3) is 0 Å². The van der Waals surface area contributed by atoms with Gasteiger partial charge in [0.2, 0.25) is 5.91 Å². The predicted octanol–water partition coefficient (Wildman–Crippen LogP) is 3.10. The maximum atomic E-state index is 13.9. The molecule has 3 N–H and O–H groups in total. The van der Waals surface area contributed by atoms with Gasteiger partial charge in [-0.3, -0.25) is 24.1 Å². The molecule has 0 radical (unpaired) electrons. The quantitative estimate of drug-likeness (QED) is 0.455. The molecule has 4 amide bonds. The Labute approximate surface area is 220 Å². The number of urea groups is 1. The molecule has 3 aromatic rings. The molecule has 0 spiro atoms. The number of hydrogen-bond donors (Lipinski definition) is 2. The van der Waals surface area contributed by atoms with Gasteiger partial charge in [0.15, 0.2) is 11.9 Å². The van der Waals surface area contributed by atoms with Crippen molar-refractivity contribution < 1.29 is 27.6 Å². The van der Waals surface area contributed by atoms with Crippen LogP contribution >= 0.6 is 11.6 Å². The Hall–Kier alpha value is -4.13. The highest BCUT2D eigenvalue weighted by atomic mass is 35.5. The highest BCUT2D eigenvalue weighted by molar-refractivity contribution is 6.30. The predicted molar refractivity (Wildman–Crippen MR) is 132 cm³/mol. The minimum absolute atomic E-state index is 0.0127. The summed E-state index contributed by atoms with van der Waals surface area (Å²) in [6.07, 6.45) is -1.88. The minimum atomic E-state index is -4.91. The van der Waals surface area contributed by atoms with Crippen LogP contribution in [0.2, 0.25) is 5.02 Å². The van der Waals surface area contributed by atoms with Crippen LogP contribution in [0.4, 0.5) is 29.6 Å². The maximum Gasteiger partial charge on any atom is 0.412 e. The number of anilines is 2. The SMILES string of the molecule is CN(C(=O)[C@@H]1[C@@H](Cc2ccnc(N)c2)C(=O)N1C(=O)N[C@@H](c1cccc(Cl)c1)C(F)(F)F)c1ccn(C)n1. The fourth-order valence-electron chi connectivity index (χ4n) is 4.26. The first kappa shape index (κ1) is 26.9. The molecule has 1 aromatic carbocycles. The van der Waals surface area contributed by atoms with Crippen LogP contribution in [0.3, 0.4) is 0 Å². The molecule has 2 aromatic heterocycles. The third kappa shape index (κ3) is 5.42. The first-order chi connectivity index (χ1) is 17.9. The van der Waals surface area contributed by atoms with Gasteiger partial charge in [0, 0.05) is 37.6 Å². The molecule has 4 rings (SSSR count). The number of hydrogen-bond acceptors (Lipinski definition) is 6. The number of nitrogens with zero attached hydrogens (tertiary/aromatic N) is 5. The molecule has 1 fully saturated rings. The number of halogens is 4. The van der Waals surface area contributed by atoms with Crippen LogP contribution < -0.4 is 16.0 Å². The standard InChI is InChI=1S/C24H23ClF3N7O3/c1-33-9-7-18(32-33)34(2)22(37)19-16(10-13-6-8-30-17(29)11-13)21(36)35(19)23(38)31-20(24(26,27)28)14-4-3-5-15(25)12-14/h3-9,11-12,16,19-20H,10H2,1-2H3,(H2,29,30)(H,31,38)/t16-,19+,20+/m1/s1. The molecule has 0 unspecified atom stereocenters. The van der Waals surface area contributed by atoms with Gasteiger partial charge in [0.1, 0.15) is 11.9 Å². The first-order valence-electron chi connectivity index (χ1n) is 11.3. The van der Waals surface area contributed by atoms with E-state index in [0.29, 0.717) is 10.5 Å². The molecule has 10 nitrogen and oxygen atoms in total. The Morgan fingerprint density at radius 2 is 1.97 bits per heavy atom. The summed E-state index contributed by atoms with van der Waals surface area (Å²) in [7, 11) is 3.04. The Morgan fingerprint density at radius 3 is 2.58 bits per heavy atom. The topological polar surface area (TPSA) is 126 Å². The van der Waals surface area contributed by atoms with Crippen LogP contribution in [-0.4, -0.2) is 56.8 Å². The van der Waals surface area contributed by atoms with E-state index in [1.54, 1.807) is 25.4 Å². The molecule has 200 valence electrons. The van der Waals surface area contributed by atoms with Crippen LogP contribution in [0, 0.1) is 5.92 Å². The summed E-state index contributed by atoms with van der Waals surface area (Å²) in [6, 6.07) is 4.33. The largest absolute Gasteiger partial charge is 0.412 e. The summed E-state index contributed by atoms with van der Waals surface area (Å²) in [6.45, 7) is 0. The third-order valence-corrected chi connectivity index (χ3v) is 6.37. The lowest BCUT2D eigenvalue weighted by Gasteiger charge is -2.45. The summed E-state index contributed by atoms with van der Waals surface area (Å²) >= 11 is 5.85. The van der Waals surface area contributed by atoms with Gasteiger partial charge in [-0.25, -0.2) is 9.78 Å². The van der Waals surface area contributed by atoms with Crippen LogP contribution in [0.15, 0.2) is 54.9 Å². The Bertz CT molecular complexity index is 1380. The zero-order valence-corrected chi connectivity index (χ0v) is 20.9. The molecule has 1 aliphatic rings. The zero-order valence-electron chi connectivity index (χ0n) is 20.2. The number of carbonyl (C=O) groups is 3. The van der Waals surface area contributed by atoms with Crippen molar-refractivity contribution in [2.24, 2.45) is 13.0 Å². The molecule has 1 saturated heterocycles. The highest BCUT2D eigenvalue weighted by Gasteiger charge is 2.56. The molecule has 1 aliphatic heterocycles. The van der Waals surface area contributed by atoms with E-state index in [9.17, 15) is 27.6 Å². The number of aromatic nitrogens is 3. The average Bonchev–Trinajstić information content (AvgIpc) is 3.28. The van der Waals surface area contributed by atoms with E-state index in [0.717, 1.165) is 17.0 Å². The Morgan fingerprint density at radius 1 is 1.24 bits per heavy atom. The van der Waals surface area contributed by atoms with Gasteiger partial charge in [-0.15, -0.1) is 0 Å². The summed E-state index contributed by atoms with van der Waals surface area (Å²) in [4.78, 5) is 45.3. The number of imide groups is 1. The van der Waals surface area contributed by atoms with Crippen LogP contribution in [0.1, 0.15) is 17.2 Å². The lowest BCUT2D eigenvalue weighted by atomic mass is 9.81. The van der Waals surface area contributed by atoms with Gasteiger partial charge < -0.3 is 11.1 Å². The van der Waals surface area contributed by atoms with Gasteiger partial charge in [0.05, 0.1) is 5.92 Å². The number of benzene rings is 1. The number of likely N-dealkylation sites (tertiary alicyclic amines) is 1. The number of nitrogens with one attached hydrogen (secondary N) is 1. The van der Waals surface area contributed by atoms with Gasteiger partial charge in [-0.2, -0.15) is 18.3 Å². The van der Waals surface area contributed by atoms with Crippen molar-refractivity contribution in [1.29, 1.82) is 0 Å². The van der Waals surface area contributed by atoms with Gasteiger partial charge in [-0.05, 0) is 41.8 Å². The maximum absolute atomic E-state index is 13.9. The van der Waals surface area contributed by atoms with Gasteiger partial charge in [0.25, 0.3) is 5.91 Å². The van der Waals surface area contributed by atoms with Crippen LogP contribution in [-0.2, 0) is 23.1 Å². The van der Waals surface area contributed by atoms with Crippen molar-refractivity contribution in [2.45, 2.75) is 24.7 Å². The molecule has 3 heterocycles. The molecule has 14 heteroatoms. The molecule has 0 saturated carbocycles. The lowest BCUT2D eigenvalue weighted by Crippen LogP contribution is -2.71. The molecule has 0 aliphatic carbocycles. The zero-order chi connectivity index (χ0) is 27.8. The number of pyridine rings is 1. The van der Waals surface area contributed by atoms with Crippen molar-refractivity contribution in [3.63, 3.8) is 0 Å². The number of carbonyl (C=O) groups excluding carboxylic acids is 3. The fraction of sp³-hybridized carbons (Fsp3) is 0.292. The molecule has 3 atom stereocenters. The molecule has 0 bridgehead atoms. The number of nitrogens with two attached hydrogens (primary N) is 1. The molecular weight excluding hydrogens is 527 g/mol. The van der Waals surface area contributed by atoms with Crippen molar-refractivity contribution in [1.82, 2.24) is 25.0 Å². The van der Waals surface area contributed by atoms with Crippen molar-refractivity contribution in [3.05, 3.63) is 71.0 Å². The van der Waals surface area contributed by atoms with Gasteiger partial charge in [-0.1, -0.05) is 23.7 Å². The van der Waals surface area contributed by atoms with E-state index < -0.39 is 42.0 Å². The number of nitrogen functional groups attached to an aromatic ring is 1. The second-order valence-electron chi connectivity index (χ2n) is 8.78. The normalized spacial score (nSPS) is 18.1. The summed E-state index contributed by atoms with van der Waals surface area (Å²) in [5, 5.41) is 6.03. The number of likely N-dealkylation sites (N-methyl/N-ethyl adjacent to an activating group) is 1. The number of β-lactam (4-membered cyclic amide) rings is 1. The summed E-state index contributed by atoms with van der Waals surface area (Å²) in [5.74, 6) is -2.12. The van der Waals surface area contributed by atoms with Crippen LogP contribution in [0.5, 0.6) is 0 Å². The number of alkyl halides is 3. The Kier molecular flexibility index (Phi) is 7.31. The summed E-state index contributed by atoms with van der Waals surface area (Å²) in [5.41, 5.74) is 5.95. The van der Waals surface area contributed by atoms with E-state index >= 15 is 0 Å². The van der Waals surface area contributed by atoms with Gasteiger partial charge >= 0.3 is 12.2 Å². The second kappa shape index (κ2) is 10.3. The minimum Gasteiger partial charge on any atom is -0.384 e. The average molecular weight is 550 g/mol. The summed E-state index contributed by atoms with van der Waals surface area (Å²) < 4.78 is 43.2. The van der Waals surface area contributed by atoms with E-state index in [1.165, 1.54) is 36.1 Å². The molecular formula is C24H23ClF3N7O3. The number of aryl methyl sites for hydroxylation is 1. The Balaban J connectivity index is 1.64. The second-order valence-corrected chi connectivity index (χ2v) is 9.21. The highest BCUT2D eigenvalue weighted by Crippen LogP contribution is 2.36. The van der Waals surface area contributed by atoms with E-state index in [-0.39, 0.29) is 28.6 Å². The number of amides is 4. The van der Waals surface area contributed by atoms with E-state index in [1.807, 2.05) is 5.32 Å². The smallest absolute Gasteiger partial charge is 0.384 e. The van der Waals surface area contributed by atoms with Crippen molar-refractivity contribution >= 4 is 41.1 Å². The van der Waals surface area contributed by atoms with E-state index in [2.05, 4.69) is 10.1 Å². The fourth-order valence-corrected chi connectivity index (χ4v) is 4.46. The number of rotatable bonds is 6. The first-order valence-corrected chi connectivity index (χ1v) is 11.7. The van der Waals surface area contributed by atoms with E-state index in [4.69, 9.17) is 17.3 Å². The van der Waals surface area contributed by atoms with Crippen molar-refractivity contribution in [2.75, 3.05) is 17.7 Å². The van der Waals surface area contributed by atoms with Crippen molar-refractivity contribution in [3.8, 4) is 0 Å². The lowest BCUT2D eigenvalue weighted by molar-refractivity contribution is -0.162. The monoisotopic (exact) mass is 549 g/mol. The third-order valence-electron chi connectivity index (χ3n) is 6.14. The molecule has 38 heavy (non-hydrogen) atoms.